The number of thiophene rings is 1. The van der Waals surface area contributed by atoms with Crippen molar-refractivity contribution in [2.75, 3.05) is 4.90 Å². The number of carbonyl (C=O) groups excluding carboxylic acids is 1. The van der Waals surface area contributed by atoms with Crippen LogP contribution in [0.4, 0.5) is 9.80 Å². The van der Waals surface area contributed by atoms with E-state index in [9.17, 15) is 19.5 Å². The number of hydrogen-bond donors (Lipinski definition) is 1. The van der Waals surface area contributed by atoms with Crippen molar-refractivity contribution >= 4 is 38.4 Å². The Hall–Kier alpha value is -3.78. The number of hydrogen-bond acceptors (Lipinski definition) is 5. The molecule has 0 radical (unpaired) electrons. The molecule has 0 fully saturated rings. The molecule has 0 aliphatic rings. The second-order valence-corrected chi connectivity index (χ2v) is 9.18. The molecular formula is C24H21N3O4S. The number of rotatable bonds is 4. The van der Waals surface area contributed by atoms with Crippen LogP contribution in [0, 0.1) is 0 Å². The summed E-state index contributed by atoms with van der Waals surface area (Å²) in [4.78, 5) is 44.5. The maximum absolute atomic E-state index is 13.6. The van der Waals surface area contributed by atoms with Gasteiger partial charge in [0.15, 0.2) is 5.78 Å². The summed E-state index contributed by atoms with van der Waals surface area (Å²) in [5.74, 6) is -0.307. The number of ketones is 1. The number of aromatic nitrogens is 2. The van der Waals surface area contributed by atoms with Crippen LogP contribution in [0.3, 0.4) is 0 Å². The number of carbonyl (C=O) groups is 2. The fourth-order valence-electron chi connectivity index (χ4n) is 3.59. The molecule has 8 heteroatoms. The van der Waals surface area contributed by atoms with Gasteiger partial charge in [0.05, 0.1) is 17.4 Å². The monoisotopic (exact) mass is 447 g/mol. The van der Waals surface area contributed by atoms with Gasteiger partial charge in [-0.15, -0.1) is 0 Å². The summed E-state index contributed by atoms with van der Waals surface area (Å²) in [7, 11) is 0. The average Bonchev–Trinajstić information content (AvgIpc) is 3.11. The minimum atomic E-state index is -1.18. The summed E-state index contributed by atoms with van der Waals surface area (Å²) >= 11 is 1.11. The van der Waals surface area contributed by atoms with Gasteiger partial charge in [-0.25, -0.2) is 4.79 Å². The standard InChI is InChI=1S/C24H21N3O4S/c1-24(2,3)27(23(30)31)22-19(20(29)15-8-5-4-6-9-15)17-11-12-18(28)26(21(17)32-22)16-10-7-13-25-14-16/h4-14H,1-3H3,(H,30,31). The lowest BCUT2D eigenvalue weighted by Gasteiger charge is -2.32. The minimum absolute atomic E-state index is 0.256. The molecule has 162 valence electrons. The Morgan fingerprint density at radius 3 is 2.34 bits per heavy atom. The van der Waals surface area contributed by atoms with E-state index in [4.69, 9.17) is 0 Å². The molecule has 0 atom stereocenters. The first-order chi connectivity index (χ1) is 15.2. The second kappa shape index (κ2) is 8.05. The van der Waals surface area contributed by atoms with Crippen molar-refractivity contribution in [2.24, 2.45) is 0 Å². The third-order valence-electron chi connectivity index (χ3n) is 4.96. The molecule has 1 aromatic carbocycles. The lowest BCUT2D eigenvalue weighted by molar-refractivity contribution is 0.104. The molecule has 7 nitrogen and oxygen atoms in total. The molecule has 0 bridgehead atoms. The maximum Gasteiger partial charge on any atom is 0.412 e. The predicted octanol–water partition coefficient (Wildman–Crippen LogP) is 4.96. The van der Waals surface area contributed by atoms with Gasteiger partial charge in [-0.1, -0.05) is 41.7 Å². The normalized spacial score (nSPS) is 11.5. The quantitative estimate of drug-likeness (QED) is 0.446. The Bertz CT molecular complexity index is 1370. The van der Waals surface area contributed by atoms with Crippen LogP contribution in [-0.4, -0.2) is 32.1 Å². The van der Waals surface area contributed by atoms with Crippen molar-refractivity contribution in [1.29, 1.82) is 0 Å². The van der Waals surface area contributed by atoms with Gasteiger partial charge >= 0.3 is 6.09 Å². The summed E-state index contributed by atoms with van der Waals surface area (Å²) < 4.78 is 1.46. The molecule has 0 saturated heterocycles. The highest BCUT2D eigenvalue weighted by atomic mass is 32.1. The van der Waals surface area contributed by atoms with Crippen LogP contribution in [0.2, 0.25) is 0 Å². The van der Waals surface area contributed by atoms with Gasteiger partial charge < -0.3 is 5.11 Å². The third kappa shape index (κ3) is 3.69. The molecule has 32 heavy (non-hydrogen) atoms. The Morgan fingerprint density at radius 1 is 1.03 bits per heavy atom. The molecule has 0 saturated carbocycles. The number of carboxylic acid groups (broad SMARTS) is 1. The topological polar surface area (TPSA) is 92.5 Å². The van der Waals surface area contributed by atoms with Crippen LogP contribution >= 0.6 is 11.3 Å². The molecule has 3 aromatic heterocycles. The number of nitrogens with zero attached hydrogens (tertiary/aromatic N) is 3. The van der Waals surface area contributed by atoms with E-state index >= 15 is 0 Å². The Kier molecular flexibility index (Phi) is 5.40. The van der Waals surface area contributed by atoms with E-state index in [0.29, 0.717) is 21.5 Å². The summed E-state index contributed by atoms with van der Waals surface area (Å²) in [6, 6.07) is 15.1. The highest BCUT2D eigenvalue weighted by molar-refractivity contribution is 7.23. The predicted molar refractivity (Wildman–Crippen MR) is 125 cm³/mol. The first-order valence-corrected chi connectivity index (χ1v) is 10.7. The van der Waals surface area contributed by atoms with Crippen molar-refractivity contribution in [2.45, 2.75) is 26.3 Å². The summed E-state index contributed by atoms with van der Waals surface area (Å²) in [6.45, 7) is 5.28. The second-order valence-electron chi connectivity index (χ2n) is 8.20. The van der Waals surface area contributed by atoms with Gasteiger partial charge in [0.1, 0.15) is 9.83 Å². The Balaban J connectivity index is 2.11. The first-order valence-electron chi connectivity index (χ1n) is 9.92. The molecule has 0 aliphatic heterocycles. The molecule has 4 rings (SSSR count). The molecule has 4 aromatic rings. The Morgan fingerprint density at radius 2 is 1.75 bits per heavy atom. The van der Waals surface area contributed by atoms with Gasteiger partial charge in [-0.2, -0.15) is 0 Å². The highest BCUT2D eigenvalue weighted by Gasteiger charge is 2.35. The van der Waals surface area contributed by atoms with Gasteiger partial charge in [0, 0.05) is 28.8 Å². The highest BCUT2D eigenvalue weighted by Crippen LogP contribution is 2.42. The van der Waals surface area contributed by atoms with Crippen LogP contribution in [0.25, 0.3) is 15.9 Å². The summed E-state index contributed by atoms with van der Waals surface area (Å²) in [5.41, 5.74) is 0.109. The number of fused-ring (bicyclic) bond motifs is 1. The van der Waals surface area contributed by atoms with E-state index in [1.165, 1.54) is 15.5 Å². The number of anilines is 1. The minimum Gasteiger partial charge on any atom is -0.465 e. The van der Waals surface area contributed by atoms with E-state index < -0.39 is 11.6 Å². The average molecular weight is 448 g/mol. The largest absolute Gasteiger partial charge is 0.465 e. The van der Waals surface area contributed by atoms with Crippen molar-refractivity contribution in [3.05, 3.63) is 88.5 Å². The van der Waals surface area contributed by atoms with Crippen molar-refractivity contribution in [1.82, 2.24) is 9.55 Å². The zero-order valence-electron chi connectivity index (χ0n) is 17.8. The Labute approximate surface area is 188 Å². The zero-order chi connectivity index (χ0) is 23.0. The van der Waals surface area contributed by atoms with Crippen LogP contribution in [-0.2, 0) is 0 Å². The number of amides is 1. The number of pyridine rings is 2. The molecule has 0 aliphatic carbocycles. The van der Waals surface area contributed by atoms with E-state index in [1.807, 2.05) is 6.07 Å². The molecule has 1 amide bonds. The van der Waals surface area contributed by atoms with Crippen LogP contribution < -0.4 is 10.5 Å². The van der Waals surface area contributed by atoms with Crippen LogP contribution in [0.1, 0.15) is 36.7 Å². The lowest BCUT2D eigenvalue weighted by atomic mass is 10.0. The molecule has 1 N–H and O–H groups in total. The fraction of sp³-hybridized carbons (Fsp3) is 0.167. The lowest BCUT2D eigenvalue weighted by Crippen LogP contribution is -2.45. The van der Waals surface area contributed by atoms with Crippen molar-refractivity contribution < 1.29 is 14.7 Å². The molecule has 0 spiro atoms. The van der Waals surface area contributed by atoms with Crippen LogP contribution in [0.5, 0.6) is 0 Å². The van der Waals surface area contributed by atoms with Crippen LogP contribution in [0.15, 0.2) is 71.8 Å². The third-order valence-corrected chi connectivity index (χ3v) is 6.13. The van der Waals surface area contributed by atoms with E-state index in [-0.39, 0.29) is 21.9 Å². The molecular weight excluding hydrogens is 426 g/mol. The SMILES string of the molecule is CC(C)(C)N(C(=O)O)c1sc2c(ccc(=O)n2-c2cccnc2)c1C(=O)c1ccccc1. The van der Waals surface area contributed by atoms with Gasteiger partial charge in [0.25, 0.3) is 5.56 Å². The molecule has 0 unspecified atom stereocenters. The van der Waals surface area contributed by atoms with Crippen molar-refractivity contribution in [3.8, 4) is 5.69 Å². The fourth-order valence-corrected chi connectivity index (χ4v) is 5.09. The summed E-state index contributed by atoms with van der Waals surface area (Å²) in [5, 5.41) is 10.8. The van der Waals surface area contributed by atoms with E-state index in [1.54, 1.807) is 75.6 Å². The molecule has 3 heterocycles. The van der Waals surface area contributed by atoms with Gasteiger partial charge in [0.2, 0.25) is 0 Å². The van der Waals surface area contributed by atoms with E-state index in [2.05, 4.69) is 4.98 Å². The summed E-state index contributed by atoms with van der Waals surface area (Å²) in [6.07, 6.45) is 1.98. The number of benzene rings is 1. The first kappa shape index (κ1) is 21.5. The zero-order valence-corrected chi connectivity index (χ0v) is 18.6. The van der Waals surface area contributed by atoms with E-state index in [0.717, 1.165) is 11.3 Å². The maximum atomic E-state index is 13.6. The smallest absolute Gasteiger partial charge is 0.412 e. The van der Waals surface area contributed by atoms with Gasteiger partial charge in [-0.3, -0.25) is 24.0 Å². The van der Waals surface area contributed by atoms with Crippen molar-refractivity contribution in [3.63, 3.8) is 0 Å². The van der Waals surface area contributed by atoms with Gasteiger partial charge in [-0.05, 0) is 39.0 Å².